The van der Waals surface area contributed by atoms with Gasteiger partial charge in [0.1, 0.15) is 0 Å². The number of anilines is 1. The predicted octanol–water partition coefficient (Wildman–Crippen LogP) is 3.12. The molecule has 4 nitrogen and oxygen atoms in total. The Morgan fingerprint density at radius 3 is 2.82 bits per heavy atom. The summed E-state index contributed by atoms with van der Waals surface area (Å²) in [6.45, 7) is 8.08. The first-order chi connectivity index (χ1) is 10.7. The summed E-state index contributed by atoms with van der Waals surface area (Å²) in [6.07, 6.45) is 9.35. The molecule has 1 atom stereocenters. The van der Waals surface area contributed by atoms with Gasteiger partial charge in [-0.25, -0.2) is 4.98 Å². The van der Waals surface area contributed by atoms with Gasteiger partial charge in [0, 0.05) is 49.3 Å². The Hall–Kier alpha value is -0.650. The summed E-state index contributed by atoms with van der Waals surface area (Å²) < 4.78 is 0. The van der Waals surface area contributed by atoms with Gasteiger partial charge < -0.3 is 10.0 Å². The summed E-state index contributed by atoms with van der Waals surface area (Å²) in [4.78, 5) is 10.9. The van der Waals surface area contributed by atoms with E-state index in [0.717, 1.165) is 32.5 Å². The average Bonchev–Trinajstić information content (AvgIpc) is 3.19. The fraction of sp³-hybridized carbons (Fsp3) is 0.824. The first-order valence-electron chi connectivity index (χ1n) is 8.77. The minimum Gasteiger partial charge on any atom is -0.396 e. The van der Waals surface area contributed by atoms with E-state index in [9.17, 15) is 5.11 Å². The van der Waals surface area contributed by atoms with Crippen molar-refractivity contribution in [1.82, 2.24) is 9.88 Å². The van der Waals surface area contributed by atoms with E-state index in [1.165, 1.54) is 48.8 Å². The molecule has 3 heterocycles. The van der Waals surface area contributed by atoms with Gasteiger partial charge in [-0.2, -0.15) is 0 Å². The van der Waals surface area contributed by atoms with Crippen molar-refractivity contribution in [3.8, 4) is 0 Å². The van der Waals surface area contributed by atoms with Crippen molar-refractivity contribution in [3.05, 3.63) is 11.1 Å². The van der Waals surface area contributed by atoms with Crippen LogP contribution in [0.2, 0.25) is 0 Å². The van der Waals surface area contributed by atoms with Crippen LogP contribution in [0.15, 0.2) is 6.20 Å². The number of hydrogen-bond donors (Lipinski definition) is 1. The van der Waals surface area contributed by atoms with E-state index in [1.807, 2.05) is 11.3 Å². The third kappa shape index (κ3) is 3.63. The molecule has 5 heteroatoms. The number of hydrogen-bond acceptors (Lipinski definition) is 5. The van der Waals surface area contributed by atoms with Gasteiger partial charge in [-0.15, -0.1) is 11.3 Å². The smallest absolute Gasteiger partial charge is 0.185 e. The van der Waals surface area contributed by atoms with E-state index >= 15 is 0 Å². The molecule has 2 fully saturated rings. The third-order valence-corrected chi connectivity index (χ3v) is 6.20. The molecule has 1 aromatic heterocycles. The molecule has 0 bridgehead atoms. The zero-order valence-electron chi connectivity index (χ0n) is 13.8. The molecular weight excluding hydrogens is 294 g/mol. The molecule has 0 saturated carbocycles. The number of piperidine rings is 1. The van der Waals surface area contributed by atoms with Crippen molar-refractivity contribution in [2.75, 3.05) is 37.7 Å². The minimum atomic E-state index is 0.134. The summed E-state index contributed by atoms with van der Waals surface area (Å²) in [5.41, 5.74) is 0.134. The van der Waals surface area contributed by atoms with E-state index in [1.54, 1.807) is 0 Å². The molecule has 0 aromatic carbocycles. The molecule has 1 N–H and O–H groups in total. The van der Waals surface area contributed by atoms with Crippen LogP contribution in [-0.2, 0) is 6.54 Å². The Bertz CT molecular complexity index is 468. The Morgan fingerprint density at radius 1 is 1.27 bits per heavy atom. The third-order valence-electron chi connectivity index (χ3n) is 5.15. The maximum absolute atomic E-state index is 9.86. The molecule has 0 radical (unpaired) electrons. The van der Waals surface area contributed by atoms with Gasteiger partial charge in [-0.05, 0) is 38.6 Å². The molecule has 22 heavy (non-hydrogen) atoms. The van der Waals surface area contributed by atoms with Crippen LogP contribution in [0.1, 0.15) is 50.3 Å². The van der Waals surface area contributed by atoms with Crippen LogP contribution in [0.3, 0.4) is 0 Å². The van der Waals surface area contributed by atoms with Crippen LogP contribution in [0.4, 0.5) is 5.13 Å². The first kappa shape index (κ1) is 16.2. The lowest BCUT2D eigenvalue weighted by Gasteiger charge is -2.41. The molecule has 2 aliphatic rings. The van der Waals surface area contributed by atoms with Gasteiger partial charge in [0.15, 0.2) is 5.13 Å². The lowest BCUT2D eigenvalue weighted by atomic mass is 9.77. The van der Waals surface area contributed by atoms with E-state index < -0.39 is 0 Å². The first-order valence-corrected chi connectivity index (χ1v) is 9.59. The van der Waals surface area contributed by atoms with Gasteiger partial charge in [0.25, 0.3) is 0 Å². The van der Waals surface area contributed by atoms with Crippen LogP contribution < -0.4 is 4.90 Å². The highest BCUT2D eigenvalue weighted by molar-refractivity contribution is 7.15. The molecule has 0 aliphatic carbocycles. The number of aliphatic hydroxyl groups excluding tert-OH is 1. The van der Waals surface area contributed by atoms with E-state index in [4.69, 9.17) is 0 Å². The summed E-state index contributed by atoms with van der Waals surface area (Å²) >= 11 is 1.86. The molecule has 124 valence electrons. The molecule has 0 amide bonds. The summed E-state index contributed by atoms with van der Waals surface area (Å²) in [6, 6.07) is 0. The fourth-order valence-electron chi connectivity index (χ4n) is 4.03. The van der Waals surface area contributed by atoms with Crippen LogP contribution in [0.25, 0.3) is 0 Å². The van der Waals surface area contributed by atoms with Crippen molar-refractivity contribution in [1.29, 1.82) is 0 Å². The molecule has 0 spiro atoms. The highest BCUT2D eigenvalue weighted by Crippen LogP contribution is 2.35. The topological polar surface area (TPSA) is 39.6 Å². The number of nitrogens with zero attached hydrogens (tertiary/aromatic N) is 3. The summed E-state index contributed by atoms with van der Waals surface area (Å²) in [7, 11) is 0. The second-order valence-electron chi connectivity index (χ2n) is 7.03. The predicted molar refractivity (Wildman–Crippen MR) is 92.5 cm³/mol. The Balaban J connectivity index is 1.60. The summed E-state index contributed by atoms with van der Waals surface area (Å²) in [5, 5.41) is 11.1. The number of likely N-dealkylation sites (tertiary alicyclic amines) is 1. The van der Waals surface area contributed by atoms with Crippen molar-refractivity contribution in [2.45, 2.75) is 52.0 Å². The molecule has 2 saturated heterocycles. The maximum Gasteiger partial charge on any atom is 0.185 e. The van der Waals surface area contributed by atoms with E-state index in [2.05, 4.69) is 27.9 Å². The van der Waals surface area contributed by atoms with Crippen LogP contribution in [0, 0.1) is 5.41 Å². The minimum absolute atomic E-state index is 0.134. The Kier molecular flexibility index (Phi) is 5.37. The average molecular weight is 324 g/mol. The van der Waals surface area contributed by atoms with Crippen LogP contribution in [-0.4, -0.2) is 47.8 Å². The van der Waals surface area contributed by atoms with Gasteiger partial charge >= 0.3 is 0 Å². The van der Waals surface area contributed by atoms with Crippen molar-refractivity contribution >= 4 is 16.5 Å². The zero-order valence-corrected chi connectivity index (χ0v) is 14.6. The normalized spacial score (nSPS) is 26.7. The summed E-state index contributed by atoms with van der Waals surface area (Å²) in [5.74, 6) is 0. The largest absolute Gasteiger partial charge is 0.396 e. The standard InChI is InChI=1S/C17H29N3OS/c1-2-6-17(14-21)7-5-8-19(13-17)12-15-11-18-16(22-15)20-9-3-4-10-20/h11,21H,2-10,12-14H2,1H3/t17-/m0/s1. The van der Waals surface area contributed by atoms with Crippen LogP contribution in [0.5, 0.6) is 0 Å². The highest BCUT2D eigenvalue weighted by atomic mass is 32.1. The van der Waals surface area contributed by atoms with Gasteiger partial charge in [-0.1, -0.05) is 13.3 Å². The number of rotatable bonds is 6. The fourth-order valence-corrected chi connectivity index (χ4v) is 5.04. The Morgan fingerprint density at radius 2 is 2.09 bits per heavy atom. The van der Waals surface area contributed by atoms with Gasteiger partial charge in [-0.3, -0.25) is 4.90 Å². The van der Waals surface area contributed by atoms with Gasteiger partial charge in [0.2, 0.25) is 0 Å². The van der Waals surface area contributed by atoms with Crippen molar-refractivity contribution < 1.29 is 5.11 Å². The molecular formula is C17H29N3OS. The zero-order chi connectivity index (χ0) is 15.4. The molecule has 0 unspecified atom stereocenters. The highest BCUT2D eigenvalue weighted by Gasteiger charge is 2.34. The Labute approximate surface area is 138 Å². The monoisotopic (exact) mass is 323 g/mol. The van der Waals surface area contributed by atoms with Gasteiger partial charge in [0.05, 0.1) is 0 Å². The van der Waals surface area contributed by atoms with E-state index in [-0.39, 0.29) is 5.41 Å². The second kappa shape index (κ2) is 7.28. The molecule has 1 aromatic rings. The second-order valence-corrected chi connectivity index (χ2v) is 8.12. The quantitative estimate of drug-likeness (QED) is 0.873. The number of aliphatic hydroxyl groups is 1. The van der Waals surface area contributed by atoms with E-state index in [0.29, 0.717) is 6.61 Å². The number of thiazole rings is 1. The molecule has 3 rings (SSSR count). The maximum atomic E-state index is 9.86. The lowest BCUT2D eigenvalue weighted by Crippen LogP contribution is -2.44. The number of aromatic nitrogens is 1. The van der Waals surface area contributed by atoms with Crippen molar-refractivity contribution in [3.63, 3.8) is 0 Å². The SMILES string of the molecule is CCC[C@]1(CO)CCCN(Cc2cnc(N3CCCC3)s2)C1. The van der Waals surface area contributed by atoms with Crippen molar-refractivity contribution in [2.24, 2.45) is 5.41 Å². The van der Waals surface area contributed by atoms with Crippen LogP contribution >= 0.6 is 11.3 Å². The molecule has 2 aliphatic heterocycles. The lowest BCUT2D eigenvalue weighted by molar-refractivity contribution is 0.0220.